The summed E-state index contributed by atoms with van der Waals surface area (Å²) in [5, 5.41) is 0. The Bertz CT molecular complexity index is 674. The Hall–Kier alpha value is -2.24. The minimum absolute atomic E-state index is 0.0516. The third-order valence-corrected chi connectivity index (χ3v) is 4.88. The number of carbonyl (C=O) groups excluding carboxylic acids is 2. The van der Waals surface area contributed by atoms with E-state index in [1.807, 2.05) is 30.9 Å². The summed E-state index contributed by atoms with van der Waals surface area (Å²) in [4.78, 5) is 28.0. The van der Waals surface area contributed by atoms with Gasteiger partial charge in [0.25, 0.3) is 0 Å². The molecule has 6 heteroatoms. The molecule has 0 saturated carbocycles. The average Bonchev–Trinajstić information content (AvgIpc) is 2.94. The number of likely N-dealkylation sites (tertiary alicyclic amines) is 1. The molecule has 1 atom stereocenters. The fourth-order valence-electron chi connectivity index (χ4n) is 3.58. The van der Waals surface area contributed by atoms with Crippen molar-refractivity contribution in [3.8, 4) is 11.5 Å². The zero-order valence-corrected chi connectivity index (χ0v) is 15.2. The average molecular weight is 346 g/mol. The molecule has 1 aromatic rings. The first-order valence-electron chi connectivity index (χ1n) is 8.97. The van der Waals surface area contributed by atoms with Crippen LogP contribution in [0.2, 0.25) is 0 Å². The molecule has 0 unspecified atom stereocenters. The molecule has 3 rings (SSSR count). The van der Waals surface area contributed by atoms with Crippen LogP contribution in [0.3, 0.4) is 0 Å². The summed E-state index contributed by atoms with van der Waals surface area (Å²) < 4.78 is 11.4. The normalized spacial score (nSPS) is 19.8. The number of carbonyl (C=O) groups is 2. The van der Waals surface area contributed by atoms with Crippen LogP contribution in [0.25, 0.3) is 0 Å². The number of hydrogen-bond acceptors (Lipinski definition) is 4. The van der Waals surface area contributed by atoms with E-state index >= 15 is 0 Å². The highest BCUT2D eigenvalue weighted by atomic mass is 16.5. The zero-order chi connectivity index (χ0) is 18.0. The third kappa shape index (κ3) is 3.57. The number of amides is 2. The van der Waals surface area contributed by atoms with Crippen LogP contribution < -0.4 is 9.47 Å². The lowest BCUT2D eigenvalue weighted by atomic mass is 9.97. The lowest BCUT2D eigenvalue weighted by Crippen LogP contribution is -2.40. The summed E-state index contributed by atoms with van der Waals surface area (Å²) in [5.74, 6) is 1.41. The number of benzene rings is 1. The Kier molecular flexibility index (Phi) is 5.16. The third-order valence-electron chi connectivity index (χ3n) is 4.88. The van der Waals surface area contributed by atoms with Crippen molar-refractivity contribution in [1.29, 1.82) is 0 Å². The number of hydrogen-bond donors (Lipinski definition) is 0. The lowest BCUT2D eigenvalue weighted by Gasteiger charge is -2.31. The van der Waals surface area contributed by atoms with Gasteiger partial charge in [-0.3, -0.25) is 9.59 Å². The van der Waals surface area contributed by atoms with Gasteiger partial charge in [-0.1, -0.05) is 0 Å². The van der Waals surface area contributed by atoms with Crippen LogP contribution in [0.15, 0.2) is 12.1 Å². The van der Waals surface area contributed by atoms with Crippen molar-refractivity contribution >= 4 is 11.8 Å². The summed E-state index contributed by atoms with van der Waals surface area (Å²) >= 11 is 0. The molecular weight excluding hydrogens is 320 g/mol. The molecule has 0 radical (unpaired) electrons. The van der Waals surface area contributed by atoms with Gasteiger partial charge in [-0.2, -0.15) is 0 Å². The quantitative estimate of drug-likeness (QED) is 0.816. The van der Waals surface area contributed by atoms with Crippen molar-refractivity contribution in [3.63, 3.8) is 0 Å². The first-order valence-corrected chi connectivity index (χ1v) is 8.97. The first kappa shape index (κ1) is 17.6. The van der Waals surface area contributed by atoms with Crippen LogP contribution in [0.1, 0.15) is 31.4 Å². The highest BCUT2D eigenvalue weighted by molar-refractivity contribution is 5.89. The van der Waals surface area contributed by atoms with E-state index < -0.39 is 0 Å². The Labute approximate surface area is 148 Å². The molecule has 1 saturated heterocycles. The second-order valence-corrected chi connectivity index (χ2v) is 6.62. The maximum absolute atomic E-state index is 12.8. The lowest BCUT2D eigenvalue weighted by molar-refractivity contribution is -0.136. The van der Waals surface area contributed by atoms with Gasteiger partial charge in [-0.25, -0.2) is 0 Å². The first-order chi connectivity index (χ1) is 12.0. The molecule has 6 nitrogen and oxygen atoms in total. The van der Waals surface area contributed by atoms with E-state index in [2.05, 4.69) is 0 Å². The summed E-state index contributed by atoms with van der Waals surface area (Å²) in [6.45, 7) is 6.82. The molecule has 1 fully saturated rings. The molecule has 2 aliphatic heterocycles. The van der Waals surface area contributed by atoms with Crippen molar-refractivity contribution in [2.75, 3.05) is 33.4 Å². The predicted molar refractivity (Wildman–Crippen MR) is 93.6 cm³/mol. The van der Waals surface area contributed by atoms with E-state index in [0.717, 1.165) is 23.5 Å². The van der Waals surface area contributed by atoms with Crippen LogP contribution in [0.4, 0.5) is 0 Å². The summed E-state index contributed by atoms with van der Waals surface area (Å²) in [6, 6.07) is 4.04. The number of fused-ring (bicyclic) bond motifs is 1. The molecule has 136 valence electrons. The van der Waals surface area contributed by atoms with Gasteiger partial charge in [0.15, 0.2) is 11.5 Å². The highest BCUT2D eigenvalue weighted by Crippen LogP contribution is 2.34. The largest absolute Gasteiger partial charge is 0.490 e. The Balaban J connectivity index is 1.77. The van der Waals surface area contributed by atoms with E-state index in [-0.39, 0.29) is 17.7 Å². The van der Waals surface area contributed by atoms with E-state index in [1.54, 1.807) is 11.9 Å². The van der Waals surface area contributed by atoms with Gasteiger partial charge in [0.1, 0.15) is 0 Å². The molecule has 2 amide bonds. The molecule has 0 spiro atoms. The van der Waals surface area contributed by atoms with Crippen molar-refractivity contribution < 1.29 is 19.1 Å². The van der Waals surface area contributed by atoms with E-state index in [0.29, 0.717) is 39.3 Å². The Morgan fingerprint density at radius 1 is 1.16 bits per heavy atom. The number of nitrogens with zero attached hydrogens (tertiary/aromatic N) is 2. The summed E-state index contributed by atoms with van der Waals surface area (Å²) in [5.41, 5.74) is 2.31. The Morgan fingerprint density at radius 2 is 1.80 bits per heavy atom. The van der Waals surface area contributed by atoms with Gasteiger partial charge in [-0.15, -0.1) is 0 Å². The van der Waals surface area contributed by atoms with Gasteiger partial charge < -0.3 is 19.3 Å². The Morgan fingerprint density at radius 3 is 2.36 bits per heavy atom. The minimum atomic E-state index is -0.215. The number of ether oxygens (including phenoxy) is 2. The second kappa shape index (κ2) is 7.33. The van der Waals surface area contributed by atoms with E-state index in [1.165, 1.54) is 5.56 Å². The molecule has 1 aromatic carbocycles. The van der Waals surface area contributed by atoms with Gasteiger partial charge in [0, 0.05) is 33.1 Å². The van der Waals surface area contributed by atoms with Crippen molar-refractivity contribution in [3.05, 3.63) is 23.3 Å². The molecule has 25 heavy (non-hydrogen) atoms. The van der Waals surface area contributed by atoms with Gasteiger partial charge in [0.2, 0.25) is 11.8 Å². The molecule has 0 N–H and O–H groups in total. The molecule has 0 aliphatic carbocycles. The molecule has 0 bridgehead atoms. The van der Waals surface area contributed by atoms with Crippen molar-refractivity contribution in [1.82, 2.24) is 9.80 Å². The van der Waals surface area contributed by atoms with Crippen LogP contribution in [-0.4, -0.2) is 55.0 Å². The molecule has 0 aromatic heterocycles. The maximum Gasteiger partial charge on any atom is 0.228 e. The number of rotatable bonds is 5. The smallest absolute Gasteiger partial charge is 0.228 e. The molecule has 2 aliphatic rings. The van der Waals surface area contributed by atoms with Crippen LogP contribution in [0, 0.1) is 5.92 Å². The fraction of sp³-hybridized carbons (Fsp3) is 0.579. The van der Waals surface area contributed by atoms with Crippen molar-refractivity contribution in [2.24, 2.45) is 5.92 Å². The van der Waals surface area contributed by atoms with Crippen LogP contribution in [-0.2, 0) is 22.6 Å². The van der Waals surface area contributed by atoms with E-state index in [9.17, 15) is 9.59 Å². The van der Waals surface area contributed by atoms with Gasteiger partial charge >= 0.3 is 0 Å². The second-order valence-electron chi connectivity index (χ2n) is 6.62. The van der Waals surface area contributed by atoms with Crippen LogP contribution >= 0.6 is 0 Å². The summed E-state index contributed by atoms with van der Waals surface area (Å²) in [6.07, 6.45) is 1.12. The van der Waals surface area contributed by atoms with Gasteiger partial charge in [-0.05, 0) is 43.5 Å². The van der Waals surface area contributed by atoms with Crippen LogP contribution in [0.5, 0.6) is 11.5 Å². The summed E-state index contributed by atoms with van der Waals surface area (Å²) in [7, 11) is 1.75. The van der Waals surface area contributed by atoms with E-state index in [4.69, 9.17) is 9.47 Å². The predicted octanol–water partition coefficient (Wildman–Crippen LogP) is 1.85. The SMILES string of the molecule is CCOc1cc2c(cc1OCC)CN(C(=O)[C@H]1CC(=O)N(C)C1)CC2. The topological polar surface area (TPSA) is 59.1 Å². The molecular formula is C19H26N2O4. The molecule has 2 heterocycles. The highest BCUT2D eigenvalue weighted by Gasteiger charge is 2.35. The zero-order valence-electron chi connectivity index (χ0n) is 15.2. The fourth-order valence-corrected chi connectivity index (χ4v) is 3.58. The van der Waals surface area contributed by atoms with Crippen molar-refractivity contribution in [2.45, 2.75) is 33.2 Å². The van der Waals surface area contributed by atoms with Gasteiger partial charge in [0.05, 0.1) is 19.1 Å². The maximum atomic E-state index is 12.8. The monoisotopic (exact) mass is 346 g/mol. The minimum Gasteiger partial charge on any atom is -0.490 e. The standard InChI is InChI=1S/C19H26N2O4/c1-4-24-16-8-13-6-7-21(12-14(13)9-17(16)25-5-2)19(23)15-10-18(22)20(3)11-15/h8-9,15H,4-7,10-12H2,1-3H3/t15-/m0/s1.